The number of nitrogens with one attached hydrogen (secondary N) is 1. The zero-order valence-electron chi connectivity index (χ0n) is 16.4. The summed E-state index contributed by atoms with van der Waals surface area (Å²) in [5.41, 5.74) is 3.30. The number of rotatable bonds is 7. The fourth-order valence-electron chi connectivity index (χ4n) is 3.55. The van der Waals surface area contributed by atoms with E-state index in [1.165, 1.54) is 11.1 Å². The van der Waals surface area contributed by atoms with Crippen LogP contribution in [0, 0.1) is 0 Å². The van der Waals surface area contributed by atoms with Crippen molar-refractivity contribution in [3.63, 3.8) is 0 Å². The largest absolute Gasteiger partial charge is 0.373 e. The van der Waals surface area contributed by atoms with E-state index in [1.54, 1.807) is 11.3 Å². The number of amides is 1. The number of morpholine rings is 1. The van der Waals surface area contributed by atoms with Crippen LogP contribution in [0.15, 0.2) is 29.6 Å². The molecule has 1 N–H and O–H groups in total. The van der Waals surface area contributed by atoms with Gasteiger partial charge in [0.15, 0.2) is 0 Å². The Morgan fingerprint density at radius 2 is 1.96 bits per heavy atom. The standard InChI is InChI=1S/C21H29N3O2S/c1-4-21-23-19(14-27-21)9-20(25)22-10-17-7-5-6-8-18(17)13-24-11-15(2)26-16(3)12-24/h5-8,14-16H,4,9-13H2,1-3H3,(H,22,25). The highest BCUT2D eigenvalue weighted by Crippen LogP contribution is 2.17. The Morgan fingerprint density at radius 1 is 1.26 bits per heavy atom. The lowest BCUT2D eigenvalue weighted by Gasteiger charge is -2.35. The smallest absolute Gasteiger partial charge is 0.226 e. The number of aromatic nitrogens is 1. The number of carbonyl (C=O) groups excluding carboxylic acids is 1. The number of nitrogens with zero attached hydrogens (tertiary/aromatic N) is 2. The van der Waals surface area contributed by atoms with Gasteiger partial charge in [0.05, 0.1) is 29.3 Å². The number of benzene rings is 1. The van der Waals surface area contributed by atoms with Gasteiger partial charge in [-0.2, -0.15) is 0 Å². The number of carbonyl (C=O) groups is 1. The van der Waals surface area contributed by atoms with Crippen LogP contribution < -0.4 is 5.32 Å². The lowest BCUT2D eigenvalue weighted by molar-refractivity contribution is -0.120. The first kappa shape index (κ1) is 20.0. The van der Waals surface area contributed by atoms with Gasteiger partial charge in [-0.25, -0.2) is 4.98 Å². The molecule has 2 unspecified atom stereocenters. The first-order chi connectivity index (χ1) is 13.0. The zero-order valence-corrected chi connectivity index (χ0v) is 17.2. The highest BCUT2D eigenvalue weighted by atomic mass is 32.1. The second-order valence-electron chi connectivity index (χ2n) is 7.26. The molecule has 6 heteroatoms. The van der Waals surface area contributed by atoms with Crippen molar-refractivity contribution in [1.29, 1.82) is 0 Å². The van der Waals surface area contributed by atoms with Gasteiger partial charge in [0.2, 0.25) is 5.91 Å². The van der Waals surface area contributed by atoms with Crippen molar-refractivity contribution in [3.05, 3.63) is 51.5 Å². The normalized spacial score (nSPS) is 20.6. The minimum Gasteiger partial charge on any atom is -0.373 e. The summed E-state index contributed by atoms with van der Waals surface area (Å²) in [5, 5.41) is 6.11. The molecule has 0 spiro atoms. The van der Waals surface area contributed by atoms with Gasteiger partial charge < -0.3 is 10.1 Å². The molecule has 27 heavy (non-hydrogen) atoms. The zero-order chi connectivity index (χ0) is 19.2. The third-order valence-corrected chi connectivity index (χ3v) is 5.77. The molecule has 146 valence electrons. The topological polar surface area (TPSA) is 54.5 Å². The molecule has 0 aliphatic carbocycles. The average molecular weight is 388 g/mol. The van der Waals surface area contributed by atoms with Crippen LogP contribution in [0.3, 0.4) is 0 Å². The van der Waals surface area contributed by atoms with Gasteiger partial charge >= 0.3 is 0 Å². The minimum absolute atomic E-state index is 0.0198. The molecular weight excluding hydrogens is 358 g/mol. The van der Waals surface area contributed by atoms with Gasteiger partial charge in [-0.05, 0) is 31.4 Å². The van der Waals surface area contributed by atoms with Crippen molar-refractivity contribution in [2.24, 2.45) is 0 Å². The van der Waals surface area contributed by atoms with E-state index in [-0.39, 0.29) is 18.1 Å². The Balaban J connectivity index is 1.56. The molecule has 0 saturated carbocycles. The van der Waals surface area contributed by atoms with Crippen LogP contribution in [0.4, 0.5) is 0 Å². The molecule has 2 aromatic rings. The van der Waals surface area contributed by atoms with Crippen molar-refractivity contribution >= 4 is 17.2 Å². The highest BCUT2D eigenvalue weighted by molar-refractivity contribution is 7.09. The maximum atomic E-state index is 12.3. The van der Waals surface area contributed by atoms with Gasteiger partial charge in [-0.1, -0.05) is 31.2 Å². The second kappa shape index (κ2) is 9.44. The summed E-state index contributed by atoms with van der Waals surface area (Å²) in [5.74, 6) is 0.0198. The Labute approximate surface area is 165 Å². The van der Waals surface area contributed by atoms with E-state index >= 15 is 0 Å². The Hall–Kier alpha value is -1.76. The minimum atomic E-state index is 0.0198. The third kappa shape index (κ3) is 5.86. The Kier molecular flexibility index (Phi) is 6.99. The summed E-state index contributed by atoms with van der Waals surface area (Å²) in [6.07, 6.45) is 1.77. The molecule has 2 atom stereocenters. The highest BCUT2D eigenvalue weighted by Gasteiger charge is 2.22. The molecule has 1 aromatic heterocycles. The molecule has 5 nitrogen and oxygen atoms in total. The van der Waals surface area contributed by atoms with Crippen molar-refractivity contribution in [3.8, 4) is 0 Å². The SMILES string of the molecule is CCc1nc(CC(=O)NCc2ccccc2CN2CC(C)OC(C)C2)cs1. The number of hydrogen-bond acceptors (Lipinski definition) is 5. The van der Waals surface area contributed by atoms with E-state index in [4.69, 9.17) is 4.74 Å². The van der Waals surface area contributed by atoms with Crippen LogP contribution in [0.2, 0.25) is 0 Å². The molecule has 2 heterocycles. The summed E-state index contributed by atoms with van der Waals surface area (Å²) >= 11 is 1.62. The Morgan fingerprint density at radius 3 is 2.63 bits per heavy atom. The van der Waals surface area contributed by atoms with Crippen LogP contribution in [0.5, 0.6) is 0 Å². The van der Waals surface area contributed by atoms with Gasteiger partial charge in [0.25, 0.3) is 0 Å². The van der Waals surface area contributed by atoms with Crippen LogP contribution >= 0.6 is 11.3 Å². The monoisotopic (exact) mass is 387 g/mol. The van der Waals surface area contributed by atoms with Gasteiger partial charge in [-0.15, -0.1) is 11.3 Å². The molecule has 1 aliphatic heterocycles. The molecule has 0 bridgehead atoms. The predicted octanol–water partition coefficient (Wildman–Crippen LogP) is 3.17. The van der Waals surface area contributed by atoms with Crippen LogP contribution in [-0.4, -0.2) is 41.1 Å². The fraction of sp³-hybridized carbons (Fsp3) is 0.524. The molecular formula is C21H29N3O2S. The van der Waals surface area contributed by atoms with Crippen molar-refractivity contribution in [2.75, 3.05) is 13.1 Å². The van der Waals surface area contributed by atoms with Gasteiger partial charge in [0.1, 0.15) is 0 Å². The third-order valence-electron chi connectivity index (χ3n) is 4.73. The molecule has 1 aliphatic rings. The van der Waals surface area contributed by atoms with Crippen molar-refractivity contribution in [1.82, 2.24) is 15.2 Å². The van der Waals surface area contributed by atoms with E-state index in [1.807, 2.05) is 11.4 Å². The maximum absolute atomic E-state index is 12.3. The summed E-state index contributed by atoms with van der Waals surface area (Å²) in [7, 11) is 0. The number of ether oxygens (including phenoxy) is 1. The van der Waals surface area contributed by atoms with Gasteiger partial charge in [0, 0.05) is 31.6 Å². The lowest BCUT2D eigenvalue weighted by atomic mass is 10.1. The summed E-state index contributed by atoms with van der Waals surface area (Å²) in [6.45, 7) is 9.64. The molecule has 3 rings (SSSR count). The van der Waals surface area contributed by atoms with Crippen molar-refractivity contribution < 1.29 is 9.53 Å². The number of thiazole rings is 1. The number of aryl methyl sites for hydroxylation is 1. The number of hydrogen-bond donors (Lipinski definition) is 1. The fourth-order valence-corrected chi connectivity index (χ4v) is 4.30. The molecule has 1 saturated heterocycles. The summed E-state index contributed by atoms with van der Waals surface area (Å²) in [4.78, 5) is 19.2. The quantitative estimate of drug-likeness (QED) is 0.793. The molecule has 1 aromatic carbocycles. The molecule has 1 amide bonds. The van der Waals surface area contributed by atoms with Crippen molar-refractivity contribution in [2.45, 2.75) is 58.9 Å². The molecule has 1 fully saturated rings. The first-order valence-corrected chi connectivity index (χ1v) is 10.6. The van der Waals surface area contributed by atoms with Crippen LogP contribution in [0.1, 0.15) is 42.6 Å². The van der Waals surface area contributed by atoms with E-state index in [9.17, 15) is 4.79 Å². The van der Waals surface area contributed by atoms with E-state index in [2.05, 4.69) is 54.2 Å². The van der Waals surface area contributed by atoms with Gasteiger partial charge in [-0.3, -0.25) is 9.69 Å². The van der Waals surface area contributed by atoms with Crippen LogP contribution in [0.25, 0.3) is 0 Å². The summed E-state index contributed by atoms with van der Waals surface area (Å²) < 4.78 is 5.83. The Bertz CT molecular complexity index is 751. The summed E-state index contributed by atoms with van der Waals surface area (Å²) in [6, 6.07) is 8.35. The molecule has 0 radical (unpaired) electrons. The predicted molar refractivity (Wildman–Crippen MR) is 109 cm³/mol. The first-order valence-electron chi connectivity index (χ1n) is 9.68. The average Bonchev–Trinajstić information content (AvgIpc) is 3.07. The van der Waals surface area contributed by atoms with Crippen LogP contribution in [-0.2, 0) is 35.5 Å². The second-order valence-corrected chi connectivity index (χ2v) is 8.20. The lowest BCUT2D eigenvalue weighted by Crippen LogP contribution is -2.45. The maximum Gasteiger partial charge on any atom is 0.226 e. The van der Waals surface area contributed by atoms with E-state index in [0.29, 0.717) is 13.0 Å². The van der Waals surface area contributed by atoms with E-state index < -0.39 is 0 Å². The van der Waals surface area contributed by atoms with E-state index in [0.717, 1.165) is 36.8 Å².